The summed E-state index contributed by atoms with van der Waals surface area (Å²) in [7, 11) is 0. The van der Waals surface area contributed by atoms with Crippen LogP contribution in [0.3, 0.4) is 0 Å². The van der Waals surface area contributed by atoms with Crippen LogP contribution in [0.2, 0.25) is 0 Å². The number of hydrogen-bond acceptors (Lipinski definition) is 5. The lowest BCUT2D eigenvalue weighted by atomic mass is 10.3. The Morgan fingerprint density at radius 1 is 1.53 bits per heavy atom. The summed E-state index contributed by atoms with van der Waals surface area (Å²) < 4.78 is 2.16. The van der Waals surface area contributed by atoms with Crippen molar-refractivity contribution in [1.82, 2.24) is 4.98 Å². The van der Waals surface area contributed by atoms with Crippen LogP contribution in [0.15, 0.2) is 28.6 Å². The first-order valence-corrected chi connectivity index (χ1v) is 6.68. The minimum absolute atomic E-state index is 0.531. The average molecular weight is 255 g/mol. The van der Waals surface area contributed by atoms with E-state index in [-0.39, 0.29) is 0 Å². The highest BCUT2D eigenvalue weighted by Crippen LogP contribution is 2.29. The molecule has 15 heavy (non-hydrogen) atoms. The highest BCUT2D eigenvalue weighted by molar-refractivity contribution is 8.01. The predicted molar refractivity (Wildman–Crippen MR) is 70.0 cm³/mol. The van der Waals surface area contributed by atoms with Crippen molar-refractivity contribution in [2.45, 2.75) is 10.4 Å². The van der Waals surface area contributed by atoms with Gasteiger partial charge in [0, 0.05) is 11.1 Å². The Morgan fingerprint density at radius 2 is 2.33 bits per heavy atom. The molecule has 1 aromatic carbocycles. The second kappa shape index (κ2) is 5.03. The Labute approximate surface area is 101 Å². The number of thiocarbonyl (C=S) groups is 1. The van der Waals surface area contributed by atoms with Gasteiger partial charge < -0.3 is 5.11 Å². The Bertz CT molecular complexity index is 435. The molecule has 0 saturated carbocycles. The van der Waals surface area contributed by atoms with Gasteiger partial charge in [-0.2, -0.15) is 0 Å². The average Bonchev–Trinajstić information content (AvgIpc) is 2.68. The summed E-state index contributed by atoms with van der Waals surface area (Å²) >= 11 is 7.83. The minimum Gasteiger partial charge on any atom is -0.387 e. The molecule has 1 N–H and O–H groups in total. The predicted octanol–water partition coefficient (Wildman–Crippen LogP) is 2.75. The highest BCUT2D eigenvalue weighted by atomic mass is 32.2. The molecule has 0 radical (unpaired) electrons. The molecule has 0 bridgehead atoms. The summed E-state index contributed by atoms with van der Waals surface area (Å²) in [4.78, 5) is 4.44. The summed E-state index contributed by atoms with van der Waals surface area (Å²) in [6, 6.07) is 8.02. The molecular weight excluding hydrogens is 246 g/mol. The number of hydrogen-bond donors (Lipinski definition) is 1. The number of fused-ring (bicyclic) bond motifs is 1. The van der Waals surface area contributed by atoms with Gasteiger partial charge in [-0.3, -0.25) is 0 Å². The number of aromatic nitrogens is 1. The van der Waals surface area contributed by atoms with E-state index in [0.717, 1.165) is 9.86 Å². The molecule has 1 atom stereocenters. The fraction of sp³-hybridized carbons (Fsp3) is 0.200. The maximum atomic E-state index is 9.29. The van der Waals surface area contributed by atoms with E-state index < -0.39 is 6.10 Å². The number of thiazole rings is 1. The monoisotopic (exact) mass is 255 g/mol. The summed E-state index contributed by atoms with van der Waals surface area (Å²) in [5.74, 6) is 0.573. The summed E-state index contributed by atoms with van der Waals surface area (Å²) in [5.41, 5.74) is 1.02. The fourth-order valence-electron chi connectivity index (χ4n) is 1.11. The van der Waals surface area contributed by atoms with Crippen LogP contribution in [-0.2, 0) is 0 Å². The van der Waals surface area contributed by atoms with Crippen molar-refractivity contribution in [3.63, 3.8) is 0 Å². The van der Waals surface area contributed by atoms with Crippen molar-refractivity contribution in [3.05, 3.63) is 24.3 Å². The number of aliphatic hydroxyl groups is 1. The quantitative estimate of drug-likeness (QED) is 0.673. The molecule has 0 amide bonds. The lowest BCUT2D eigenvalue weighted by Gasteiger charge is -1.99. The fourth-order valence-corrected chi connectivity index (χ4v) is 3.31. The van der Waals surface area contributed by atoms with Crippen LogP contribution in [0.5, 0.6) is 0 Å². The Morgan fingerprint density at radius 3 is 3.07 bits per heavy atom. The van der Waals surface area contributed by atoms with E-state index >= 15 is 0 Å². The normalized spacial score (nSPS) is 12.9. The third-order valence-corrected chi connectivity index (χ3v) is 4.40. The lowest BCUT2D eigenvalue weighted by Crippen LogP contribution is -2.09. The Balaban J connectivity index is 2.12. The van der Waals surface area contributed by atoms with Gasteiger partial charge in [-0.15, -0.1) is 11.3 Å². The van der Waals surface area contributed by atoms with Gasteiger partial charge in [0.2, 0.25) is 0 Å². The van der Waals surface area contributed by atoms with E-state index in [4.69, 9.17) is 0 Å². The van der Waals surface area contributed by atoms with Crippen molar-refractivity contribution in [2.24, 2.45) is 0 Å². The third kappa shape index (κ3) is 2.75. The van der Waals surface area contributed by atoms with E-state index in [0.29, 0.717) is 5.75 Å². The zero-order chi connectivity index (χ0) is 10.7. The van der Waals surface area contributed by atoms with Gasteiger partial charge in [0.05, 0.1) is 16.3 Å². The number of para-hydroxylation sites is 1. The van der Waals surface area contributed by atoms with Gasteiger partial charge in [-0.25, -0.2) is 4.98 Å². The van der Waals surface area contributed by atoms with Crippen LogP contribution >= 0.6 is 35.3 Å². The van der Waals surface area contributed by atoms with E-state index in [1.807, 2.05) is 24.3 Å². The van der Waals surface area contributed by atoms with Crippen LogP contribution in [0.25, 0.3) is 10.2 Å². The summed E-state index contributed by atoms with van der Waals surface area (Å²) in [6.45, 7) is 0. The molecule has 1 heterocycles. The van der Waals surface area contributed by atoms with Crippen LogP contribution < -0.4 is 0 Å². The highest BCUT2D eigenvalue weighted by Gasteiger charge is 2.06. The molecule has 0 saturated heterocycles. The van der Waals surface area contributed by atoms with E-state index in [2.05, 4.69) is 17.2 Å². The smallest absolute Gasteiger partial charge is 0.151 e. The maximum absolute atomic E-state index is 9.29. The molecule has 1 aromatic heterocycles. The first-order valence-electron chi connectivity index (χ1n) is 4.41. The van der Waals surface area contributed by atoms with Crippen molar-refractivity contribution in [3.8, 4) is 0 Å². The van der Waals surface area contributed by atoms with Crippen LogP contribution in [0.4, 0.5) is 0 Å². The van der Waals surface area contributed by atoms with Gasteiger partial charge in [0.15, 0.2) is 4.34 Å². The maximum Gasteiger partial charge on any atom is 0.151 e. The molecule has 2 nitrogen and oxygen atoms in total. The molecule has 5 heteroatoms. The van der Waals surface area contributed by atoms with E-state index in [9.17, 15) is 5.11 Å². The summed E-state index contributed by atoms with van der Waals surface area (Å²) in [5, 5.41) is 10.7. The second-order valence-corrected chi connectivity index (χ2v) is 5.53. The van der Waals surface area contributed by atoms with Crippen LogP contribution in [0, 0.1) is 0 Å². The zero-order valence-corrected chi connectivity index (χ0v) is 10.2. The molecule has 0 spiro atoms. The number of aliphatic hydroxyl groups excluding tert-OH is 1. The minimum atomic E-state index is -0.531. The first kappa shape index (κ1) is 11.0. The topological polar surface area (TPSA) is 33.1 Å². The molecular formula is C10H9NOS3. The van der Waals surface area contributed by atoms with Crippen molar-refractivity contribution in [1.29, 1.82) is 0 Å². The molecule has 1 unspecified atom stereocenters. The lowest BCUT2D eigenvalue weighted by molar-refractivity contribution is 0.273. The number of nitrogens with zero attached hydrogens (tertiary/aromatic N) is 1. The third-order valence-electron chi connectivity index (χ3n) is 1.81. The van der Waals surface area contributed by atoms with Gasteiger partial charge in [0.1, 0.15) is 0 Å². The molecule has 0 fully saturated rings. The van der Waals surface area contributed by atoms with Crippen molar-refractivity contribution < 1.29 is 5.11 Å². The van der Waals surface area contributed by atoms with Gasteiger partial charge in [0.25, 0.3) is 0 Å². The molecule has 2 aromatic rings. The zero-order valence-electron chi connectivity index (χ0n) is 7.79. The molecule has 2 rings (SSSR count). The van der Waals surface area contributed by atoms with Gasteiger partial charge in [-0.1, -0.05) is 36.1 Å². The molecule has 78 valence electrons. The van der Waals surface area contributed by atoms with E-state index in [1.54, 1.807) is 11.3 Å². The number of benzene rings is 1. The Hall–Kier alpha value is -0.490. The molecule has 0 aliphatic carbocycles. The van der Waals surface area contributed by atoms with Crippen LogP contribution in [-0.4, -0.2) is 27.3 Å². The van der Waals surface area contributed by atoms with Crippen molar-refractivity contribution in [2.75, 3.05) is 5.75 Å². The SMILES string of the molecule is OC(C=S)CSc1nc2ccccc2s1. The Kier molecular flexibility index (Phi) is 3.69. The number of thioether (sulfide) groups is 1. The van der Waals surface area contributed by atoms with Gasteiger partial charge >= 0.3 is 0 Å². The standard InChI is InChI=1S/C10H9NOS3/c12-7(5-13)6-14-10-11-8-3-1-2-4-9(8)15-10/h1-5,7,12H,6H2. The number of rotatable bonds is 4. The van der Waals surface area contributed by atoms with Crippen molar-refractivity contribution >= 4 is 50.9 Å². The van der Waals surface area contributed by atoms with E-state index in [1.165, 1.54) is 21.8 Å². The molecule has 0 aliphatic rings. The second-order valence-electron chi connectivity index (χ2n) is 2.96. The first-order chi connectivity index (χ1) is 7.29. The molecule has 0 aliphatic heterocycles. The van der Waals surface area contributed by atoms with Gasteiger partial charge in [-0.05, 0) is 12.1 Å². The largest absolute Gasteiger partial charge is 0.387 e. The van der Waals surface area contributed by atoms with Crippen LogP contribution in [0.1, 0.15) is 0 Å². The summed E-state index contributed by atoms with van der Waals surface area (Å²) in [6.07, 6.45) is -0.531.